The number of benzene rings is 2. The van der Waals surface area contributed by atoms with Gasteiger partial charge in [0.05, 0.1) is 17.7 Å². The first kappa shape index (κ1) is 19.0. The van der Waals surface area contributed by atoms with E-state index in [0.29, 0.717) is 16.5 Å². The van der Waals surface area contributed by atoms with E-state index in [2.05, 4.69) is 5.32 Å². The number of ether oxygens (including phenoxy) is 1. The molecule has 1 aliphatic rings. The van der Waals surface area contributed by atoms with Gasteiger partial charge in [0.15, 0.2) is 0 Å². The Kier molecular flexibility index (Phi) is 4.91. The number of carbonyl (C=O) groups excluding carboxylic acids is 1. The highest BCUT2D eigenvalue weighted by Gasteiger charge is 2.35. The Morgan fingerprint density at radius 3 is 2.54 bits per heavy atom. The molecule has 1 atom stereocenters. The molecule has 0 fully saturated rings. The average molecular weight is 434 g/mol. The maximum absolute atomic E-state index is 13.2. The molecule has 0 saturated carbocycles. The zero-order chi connectivity index (χ0) is 19.9. The maximum Gasteiger partial charge on any atom is 0.225 e. The van der Waals surface area contributed by atoms with Crippen LogP contribution in [0.1, 0.15) is 22.8 Å². The molecule has 28 heavy (non-hydrogen) atoms. The predicted octanol–water partition coefficient (Wildman–Crippen LogP) is 4.72. The molecule has 0 aliphatic carbocycles. The molecule has 0 spiro atoms. The number of nitrogens with one attached hydrogen (secondary N) is 1. The minimum Gasteiger partial charge on any atom is -0.497 e. The first-order chi connectivity index (χ1) is 13.4. The monoisotopic (exact) mass is 433 g/mol. The largest absolute Gasteiger partial charge is 0.497 e. The van der Waals surface area contributed by atoms with Crippen LogP contribution >= 0.6 is 22.9 Å². The van der Waals surface area contributed by atoms with Crippen LogP contribution in [0.4, 0.5) is 5.69 Å². The molecule has 8 heteroatoms. The van der Waals surface area contributed by atoms with E-state index in [1.165, 1.54) is 30.6 Å². The first-order valence-electron chi connectivity index (χ1n) is 8.46. The molecule has 5 nitrogen and oxygen atoms in total. The third-order valence-electron chi connectivity index (χ3n) is 4.70. The number of rotatable bonds is 4. The van der Waals surface area contributed by atoms with Crippen molar-refractivity contribution in [2.24, 2.45) is 0 Å². The van der Waals surface area contributed by atoms with E-state index < -0.39 is 9.84 Å². The van der Waals surface area contributed by atoms with Gasteiger partial charge in [0.1, 0.15) is 10.6 Å². The Labute approximate surface area is 171 Å². The number of halogens is 1. The van der Waals surface area contributed by atoms with Crippen LogP contribution in [-0.4, -0.2) is 21.4 Å². The Balaban J connectivity index is 1.82. The number of hydrogen-bond acceptors (Lipinski definition) is 5. The SMILES string of the molecule is COc1ccc(S(=O)(=O)c2csc3c2NC(=O)C[C@H]3c2ccccc2Cl)cc1. The van der Waals surface area contributed by atoms with Crippen molar-refractivity contribution in [3.8, 4) is 5.75 Å². The van der Waals surface area contributed by atoms with Crippen molar-refractivity contribution >= 4 is 44.4 Å². The van der Waals surface area contributed by atoms with Gasteiger partial charge in [-0.1, -0.05) is 29.8 Å². The van der Waals surface area contributed by atoms with Crippen molar-refractivity contribution in [3.63, 3.8) is 0 Å². The van der Waals surface area contributed by atoms with Crippen molar-refractivity contribution in [2.45, 2.75) is 22.1 Å². The van der Waals surface area contributed by atoms with E-state index in [0.717, 1.165) is 10.4 Å². The number of carbonyl (C=O) groups is 1. The lowest BCUT2D eigenvalue weighted by Crippen LogP contribution is -2.23. The molecule has 144 valence electrons. The molecular weight excluding hydrogens is 418 g/mol. The van der Waals surface area contributed by atoms with E-state index in [1.54, 1.807) is 23.6 Å². The van der Waals surface area contributed by atoms with Gasteiger partial charge in [-0.15, -0.1) is 11.3 Å². The molecular formula is C20H16ClNO4S2. The highest BCUT2D eigenvalue weighted by atomic mass is 35.5. The predicted molar refractivity (Wildman–Crippen MR) is 109 cm³/mol. The summed E-state index contributed by atoms with van der Waals surface area (Å²) < 4.78 is 31.4. The van der Waals surface area contributed by atoms with Gasteiger partial charge in [0.25, 0.3) is 0 Å². The minimum absolute atomic E-state index is 0.0998. The van der Waals surface area contributed by atoms with E-state index in [-0.39, 0.29) is 28.0 Å². The third kappa shape index (κ3) is 3.19. The van der Waals surface area contributed by atoms with Crippen LogP contribution in [0.2, 0.25) is 5.02 Å². The number of methoxy groups -OCH3 is 1. The summed E-state index contributed by atoms with van der Waals surface area (Å²) in [6, 6.07) is 13.5. The van der Waals surface area contributed by atoms with Crippen LogP contribution in [0.3, 0.4) is 0 Å². The summed E-state index contributed by atoms with van der Waals surface area (Å²) in [5.41, 5.74) is 1.16. The minimum atomic E-state index is -3.79. The fraction of sp³-hybridized carbons (Fsp3) is 0.150. The lowest BCUT2D eigenvalue weighted by atomic mass is 9.90. The normalized spacial score (nSPS) is 16.4. The van der Waals surface area contributed by atoms with Crippen molar-refractivity contribution in [2.75, 3.05) is 12.4 Å². The molecule has 0 radical (unpaired) electrons. The molecule has 1 N–H and O–H groups in total. The zero-order valence-electron chi connectivity index (χ0n) is 14.8. The Bertz CT molecular complexity index is 1150. The number of thiophene rings is 1. The first-order valence-corrected chi connectivity index (χ1v) is 11.2. The fourth-order valence-electron chi connectivity index (χ4n) is 3.29. The van der Waals surface area contributed by atoms with Crippen LogP contribution in [0.25, 0.3) is 0 Å². The van der Waals surface area contributed by atoms with Gasteiger partial charge in [-0.2, -0.15) is 0 Å². The zero-order valence-corrected chi connectivity index (χ0v) is 17.2. The van der Waals surface area contributed by atoms with Crippen LogP contribution in [0, 0.1) is 0 Å². The lowest BCUT2D eigenvalue weighted by Gasteiger charge is -2.24. The van der Waals surface area contributed by atoms with Crippen LogP contribution in [0.5, 0.6) is 5.75 Å². The number of amides is 1. The van der Waals surface area contributed by atoms with Gasteiger partial charge in [0, 0.05) is 27.6 Å². The standard InChI is InChI=1S/C20H16ClNO4S2/c1-26-12-6-8-13(9-7-12)28(24,25)17-11-27-20-15(10-18(23)22-19(17)20)14-4-2-3-5-16(14)21/h2-9,11,15H,10H2,1H3,(H,22,23)/t15-/m0/s1. The van der Waals surface area contributed by atoms with E-state index in [1.807, 2.05) is 18.2 Å². The summed E-state index contributed by atoms with van der Waals surface area (Å²) in [5, 5.41) is 4.89. The second kappa shape index (κ2) is 7.24. The highest BCUT2D eigenvalue weighted by molar-refractivity contribution is 7.91. The maximum atomic E-state index is 13.2. The van der Waals surface area contributed by atoms with E-state index >= 15 is 0 Å². The summed E-state index contributed by atoms with van der Waals surface area (Å²) in [4.78, 5) is 13.4. The molecule has 2 heterocycles. The topological polar surface area (TPSA) is 72.5 Å². The van der Waals surface area contributed by atoms with Gasteiger partial charge in [-0.05, 0) is 35.9 Å². The molecule has 0 saturated heterocycles. The number of fused-ring (bicyclic) bond motifs is 1. The van der Waals surface area contributed by atoms with Crippen molar-refractivity contribution in [3.05, 3.63) is 69.4 Å². The van der Waals surface area contributed by atoms with Crippen LogP contribution in [0.15, 0.2) is 63.7 Å². The average Bonchev–Trinajstić information content (AvgIpc) is 3.12. The van der Waals surface area contributed by atoms with Gasteiger partial charge in [-0.25, -0.2) is 8.42 Å². The van der Waals surface area contributed by atoms with E-state index in [4.69, 9.17) is 16.3 Å². The summed E-state index contributed by atoms with van der Waals surface area (Å²) >= 11 is 7.65. The summed E-state index contributed by atoms with van der Waals surface area (Å²) in [5.74, 6) is 0.0580. The molecule has 1 aliphatic heterocycles. The molecule has 0 unspecified atom stereocenters. The second-order valence-electron chi connectivity index (χ2n) is 6.34. The van der Waals surface area contributed by atoms with Crippen molar-refractivity contribution in [1.82, 2.24) is 0 Å². The van der Waals surface area contributed by atoms with Gasteiger partial charge >= 0.3 is 0 Å². The molecule has 0 bridgehead atoms. The Morgan fingerprint density at radius 1 is 1.14 bits per heavy atom. The van der Waals surface area contributed by atoms with Gasteiger partial charge in [-0.3, -0.25) is 4.79 Å². The lowest BCUT2D eigenvalue weighted by molar-refractivity contribution is -0.116. The summed E-state index contributed by atoms with van der Waals surface area (Å²) in [7, 11) is -2.28. The fourth-order valence-corrected chi connectivity index (χ4v) is 6.46. The van der Waals surface area contributed by atoms with Crippen LogP contribution < -0.4 is 10.1 Å². The van der Waals surface area contributed by atoms with E-state index in [9.17, 15) is 13.2 Å². The number of anilines is 1. The second-order valence-corrected chi connectivity index (χ2v) is 9.58. The van der Waals surface area contributed by atoms with Gasteiger partial charge < -0.3 is 10.1 Å². The molecule has 1 aromatic heterocycles. The molecule has 1 amide bonds. The van der Waals surface area contributed by atoms with Gasteiger partial charge in [0.2, 0.25) is 15.7 Å². The molecule has 2 aromatic carbocycles. The Hall–Kier alpha value is -2.35. The molecule has 4 rings (SSSR count). The number of sulfone groups is 1. The molecule has 3 aromatic rings. The smallest absolute Gasteiger partial charge is 0.225 e. The summed E-state index contributed by atoms with van der Waals surface area (Å²) in [6.07, 6.45) is 0.221. The Morgan fingerprint density at radius 2 is 1.86 bits per heavy atom. The van der Waals surface area contributed by atoms with Crippen molar-refractivity contribution < 1.29 is 17.9 Å². The summed E-state index contributed by atoms with van der Waals surface area (Å²) in [6.45, 7) is 0. The quantitative estimate of drug-likeness (QED) is 0.646. The number of hydrogen-bond donors (Lipinski definition) is 1. The third-order valence-corrected chi connectivity index (χ3v) is 8.08. The van der Waals surface area contributed by atoms with Crippen LogP contribution in [-0.2, 0) is 14.6 Å². The van der Waals surface area contributed by atoms with Crippen molar-refractivity contribution in [1.29, 1.82) is 0 Å². The highest BCUT2D eigenvalue weighted by Crippen LogP contribution is 2.47.